The van der Waals surface area contributed by atoms with E-state index in [1.807, 2.05) is 61.2 Å². The molecule has 11 aromatic rings. The summed E-state index contributed by atoms with van der Waals surface area (Å²) in [6.45, 7) is 0. The summed E-state index contributed by atoms with van der Waals surface area (Å²) in [6.07, 6.45) is 14.5. The summed E-state index contributed by atoms with van der Waals surface area (Å²) < 4.78 is 4.76. The van der Waals surface area contributed by atoms with E-state index in [1.165, 1.54) is 0 Å². The molecule has 0 N–H and O–H groups in total. The van der Waals surface area contributed by atoms with E-state index in [0.29, 0.717) is 5.56 Å². The zero-order valence-electron chi connectivity index (χ0n) is 31.0. The summed E-state index contributed by atoms with van der Waals surface area (Å²) in [5.74, 6) is 0. The molecule has 11 rings (SSSR count). The monoisotopic (exact) mass is 741 g/mol. The number of aromatic nitrogens is 6. The number of pyridine rings is 4. The molecule has 5 aromatic carbocycles. The van der Waals surface area contributed by atoms with E-state index in [1.54, 1.807) is 24.8 Å². The Morgan fingerprint density at radius 2 is 0.793 bits per heavy atom. The molecule has 7 nitrogen and oxygen atoms in total. The van der Waals surface area contributed by atoms with E-state index in [2.05, 4.69) is 138 Å². The van der Waals surface area contributed by atoms with Gasteiger partial charge in [-0.05, 0) is 60.7 Å². The lowest BCUT2D eigenvalue weighted by Gasteiger charge is -2.26. The lowest BCUT2D eigenvalue weighted by Crippen LogP contribution is -2.07. The smallest absolute Gasteiger partial charge is 0.100 e. The highest BCUT2D eigenvalue weighted by atomic mass is 15.0. The Kier molecular flexibility index (Phi) is 7.73. The second kappa shape index (κ2) is 13.5. The van der Waals surface area contributed by atoms with E-state index in [-0.39, 0.29) is 0 Å². The van der Waals surface area contributed by atoms with Crippen LogP contribution in [0.25, 0.3) is 99.5 Å². The number of hydrogen-bond acceptors (Lipinski definition) is 5. The van der Waals surface area contributed by atoms with Gasteiger partial charge >= 0.3 is 0 Å². The van der Waals surface area contributed by atoms with Crippen molar-refractivity contribution in [1.82, 2.24) is 29.1 Å². The minimum Gasteiger partial charge on any atom is -0.309 e. The average Bonchev–Trinajstić information content (AvgIpc) is 3.80. The van der Waals surface area contributed by atoms with Crippen LogP contribution in [0.5, 0.6) is 0 Å². The number of rotatable bonds is 6. The van der Waals surface area contributed by atoms with Crippen molar-refractivity contribution in [2.45, 2.75) is 0 Å². The van der Waals surface area contributed by atoms with Gasteiger partial charge in [0.2, 0.25) is 0 Å². The predicted octanol–water partition coefficient (Wildman–Crippen LogP) is 12.0. The van der Waals surface area contributed by atoms with Crippen LogP contribution in [0, 0.1) is 11.3 Å². The zero-order valence-corrected chi connectivity index (χ0v) is 31.0. The first-order valence-corrected chi connectivity index (χ1v) is 19.1. The Morgan fingerprint density at radius 1 is 0.379 bits per heavy atom. The average molecular weight is 742 g/mol. The summed E-state index contributed by atoms with van der Waals surface area (Å²) >= 11 is 0. The summed E-state index contributed by atoms with van der Waals surface area (Å²) in [4.78, 5) is 18.5. The SMILES string of the molecule is N#Cc1c(-c2cccnc2)c(-c2cccnc2)c(-n2c3ccccc3c3cc4c(cc32)c2ccccc2n4-c2ccccc2)c(-c2cccnc2)c1-c1cccnc1. The molecule has 58 heavy (non-hydrogen) atoms. The largest absolute Gasteiger partial charge is 0.309 e. The Bertz CT molecular complexity index is 3260. The van der Waals surface area contributed by atoms with Crippen molar-refractivity contribution >= 4 is 43.6 Å². The molecule has 0 spiro atoms. The Balaban J connectivity index is 1.42. The lowest BCUT2D eigenvalue weighted by molar-refractivity contribution is 1.17. The van der Waals surface area contributed by atoms with E-state index >= 15 is 0 Å². The number of fused-ring (bicyclic) bond motifs is 6. The summed E-state index contributed by atoms with van der Waals surface area (Å²) in [5.41, 5.74) is 13.4. The molecule has 270 valence electrons. The molecule has 0 bridgehead atoms. The van der Waals surface area contributed by atoms with Crippen LogP contribution in [0.2, 0.25) is 0 Å². The predicted molar refractivity (Wildman–Crippen MR) is 233 cm³/mol. The van der Waals surface area contributed by atoms with Gasteiger partial charge in [-0.1, -0.05) is 78.9 Å². The second-order valence-corrected chi connectivity index (χ2v) is 14.2. The van der Waals surface area contributed by atoms with Crippen LogP contribution in [0.15, 0.2) is 189 Å². The van der Waals surface area contributed by atoms with E-state index in [0.717, 1.165) is 99.5 Å². The first-order chi connectivity index (χ1) is 28.8. The molecule has 0 fully saturated rings. The van der Waals surface area contributed by atoms with Gasteiger partial charge in [-0.3, -0.25) is 19.9 Å². The normalized spacial score (nSPS) is 11.4. The molecular formula is C51H31N7. The van der Waals surface area contributed by atoms with Gasteiger partial charge in [-0.25, -0.2) is 0 Å². The zero-order chi connectivity index (χ0) is 38.6. The molecule has 0 radical (unpaired) electrons. The molecule has 0 aliphatic heterocycles. The highest BCUT2D eigenvalue weighted by Crippen LogP contribution is 2.52. The fourth-order valence-corrected chi connectivity index (χ4v) is 8.78. The van der Waals surface area contributed by atoms with Gasteiger partial charge in [0.25, 0.3) is 0 Å². The maximum atomic E-state index is 11.4. The van der Waals surface area contributed by atoms with Crippen LogP contribution in [0.1, 0.15) is 5.56 Å². The van der Waals surface area contributed by atoms with Gasteiger partial charge in [0.1, 0.15) is 6.07 Å². The molecule has 0 saturated heterocycles. The maximum Gasteiger partial charge on any atom is 0.100 e. The highest BCUT2D eigenvalue weighted by Gasteiger charge is 2.31. The van der Waals surface area contributed by atoms with Crippen LogP contribution in [-0.2, 0) is 0 Å². The van der Waals surface area contributed by atoms with Crippen molar-refractivity contribution in [2.24, 2.45) is 0 Å². The molecule has 0 unspecified atom stereocenters. The molecule has 6 aromatic heterocycles. The third-order valence-electron chi connectivity index (χ3n) is 11.1. The molecule has 6 heterocycles. The number of benzene rings is 5. The van der Waals surface area contributed by atoms with Gasteiger partial charge in [0, 0.05) is 121 Å². The van der Waals surface area contributed by atoms with Crippen LogP contribution < -0.4 is 0 Å². The molecule has 0 saturated carbocycles. The van der Waals surface area contributed by atoms with Gasteiger partial charge in [-0.2, -0.15) is 5.26 Å². The van der Waals surface area contributed by atoms with Crippen molar-refractivity contribution in [3.63, 3.8) is 0 Å². The minimum absolute atomic E-state index is 0.511. The molecule has 0 aliphatic rings. The number of para-hydroxylation sites is 3. The van der Waals surface area contributed by atoms with Crippen molar-refractivity contribution in [2.75, 3.05) is 0 Å². The van der Waals surface area contributed by atoms with Crippen molar-refractivity contribution in [3.8, 4) is 62.0 Å². The molecule has 0 amide bonds. The molecular weight excluding hydrogens is 711 g/mol. The van der Waals surface area contributed by atoms with Crippen LogP contribution in [-0.4, -0.2) is 29.1 Å². The first kappa shape index (κ1) is 33.2. The van der Waals surface area contributed by atoms with E-state index in [9.17, 15) is 5.26 Å². The number of hydrogen-bond donors (Lipinski definition) is 0. The van der Waals surface area contributed by atoms with Crippen molar-refractivity contribution < 1.29 is 0 Å². The first-order valence-electron chi connectivity index (χ1n) is 19.1. The van der Waals surface area contributed by atoms with Crippen LogP contribution in [0.4, 0.5) is 0 Å². The van der Waals surface area contributed by atoms with Gasteiger partial charge in [0.15, 0.2) is 0 Å². The van der Waals surface area contributed by atoms with Gasteiger partial charge in [0.05, 0.1) is 33.3 Å². The Morgan fingerprint density at radius 3 is 1.24 bits per heavy atom. The lowest BCUT2D eigenvalue weighted by atomic mass is 9.80. The quantitative estimate of drug-likeness (QED) is 0.169. The standard InChI is InChI=1S/C51H31N7/c52-28-42-47(33-12-8-22-53-29-33)49(35-14-10-24-55-31-35)51(50(36-15-11-25-56-32-36)48(42)34-13-9-23-54-30-34)58-44-21-7-5-19-39(44)41-26-45-40(27-46(41)58)38-18-4-6-20-43(38)57(45)37-16-2-1-3-17-37/h1-27,29-32H. The highest BCUT2D eigenvalue weighted by molar-refractivity contribution is 6.20. The van der Waals surface area contributed by atoms with E-state index in [4.69, 9.17) is 0 Å². The fourth-order valence-electron chi connectivity index (χ4n) is 8.78. The number of nitrogens with zero attached hydrogens (tertiary/aromatic N) is 7. The second-order valence-electron chi connectivity index (χ2n) is 14.2. The van der Waals surface area contributed by atoms with Crippen LogP contribution >= 0.6 is 0 Å². The van der Waals surface area contributed by atoms with Gasteiger partial charge in [-0.15, -0.1) is 0 Å². The van der Waals surface area contributed by atoms with Crippen LogP contribution in [0.3, 0.4) is 0 Å². The van der Waals surface area contributed by atoms with E-state index < -0.39 is 0 Å². The topological polar surface area (TPSA) is 85.2 Å². The summed E-state index contributed by atoms with van der Waals surface area (Å²) in [6, 6.07) is 51.1. The Labute approximate surface area is 333 Å². The van der Waals surface area contributed by atoms with Crippen molar-refractivity contribution in [1.29, 1.82) is 5.26 Å². The summed E-state index contributed by atoms with van der Waals surface area (Å²) in [7, 11) is 0. The third kappa shape index (κ3) is 5.06. The molecule has 0 atom stereocenters. The molecule has 0 aliphatic carbocycles. The third-order valence-corrected chi connectivity index (χ3v) is 11.1. The maximum absolute atomic E-state index is 11.4. The summed E-state index contributed by atoms with van der Waals surface area (Å²) in [5, 5.41) is 15.9. The number of nitriles is 1. The molecule has 7 heteroatoms. The van der Waals surface area contributed by atoms with Crippen molar-refractivity contribution in [3.05, 3.63) is 195 Å². The minimum atomic E-state index is 0.511. The fraction of sp³-hybridized carbons (Fsp3) is 0. The Hall–Kier alpha value is -8.21. The van der Waals surface area contributed by atoms with Gasteiger partial charge < -0.3 is 9.13 Å².